The monoisotopic (exact) mass is 271 g/mol. The smallest absolute Gasteiger partial charge is 0.267 e. The first kappa shape index (κ1) is 13.1. The van der Waals surface area contributed by atoms with Crippen molar-refractivity contribution in [3.8, 4) is 0 Å². The Balaban J connectivity index is 2.08. The molecule has 6 nitrogen and oxygen atoms in total. The zero-order chi connectivity index (χ0) is 13.3. The lowest BCUT2D eigenvalue weighted by atomic mass is 10.2. The van der Waals surface area contributed by atoms with E-state index in [1.165, 1.54) is 25.2 Å². The van der Waals surface area contributed by atoms with Gasteiger partial charge in [-0.3, -0.25) is 9.48 Å². The van der Waals surface area contributed by atoms with Crippen LogP contribution in [0.2, 0.25) is 0 Å². The van der Waals surface area contributed by atoms with Crippen LogP contribution in [-0.4, -0.2) is 24.1 Å². The molecule has 0 unspecified atom stereocenters. The predicted molar refractivity (Wildman–Crippen MR) is 65.1 cm³/mol. The van der Waals surface area contributed by atoms with Gasteiger partial charge in [0.25, 0.3) is 10.0 Å². The van der Waals surface area contributed by atoms with E-state index in [4.69, 9.17) is 0 Å². The van der Waals surface area contributed by atoms with Gasteiger partial charge in [-0.05, 0) is 18.8 Å². The Kier molecular flexibility index (Phi) is 3.43. The Labute approximate surface area is 106 Å². The number of aromatic nitrogens is 2. The average molecular weight is 271 g/mol. The minimum absolute atomic E-state index is 0.0390. The summed E-state index contributed by atoms with van der Waals surface area (Å²) in [6.07, 6.45) is 5.09. The molecule has 1 N–H and O–H groups in total. The minimum atomic E-state index is -3.78. The maximum absolute atomic E-state index is 11.9. The number of rotatable bonds is 5. The van der Waals surface area contributed by atoms with Crippen LogP contribution in [0, 0.1) is 11.8 Å². The van der Waals surface area contributed by atoms with Crippen molar-refractivity contribution in [2.75, 3.05) is 0 Å². The molecule has 1 aromatic rings. The van der Waals surface area contributed by atoms with Crippen LogP contribution in [0.5, 0.6) is 0 Å². The van der Waals surface area contributed by atoms with Gasteiger partial charge >= 0.3 is 0 Å². The van der Waals surface area contributed by atoms with Gasteiger partial charge in [-0.2, -0.15) is 5.10 Å². The molecule has 1 aliphatic carbocycles. The summed E-state index contributed by atoms with van der Waals surface area (Å²) in [6.45, 7) is 4.02. The highest BCUT2D eigenvalue weighted by Gasteiger charge is 2.24. The van der Waals surface area contributed by atoms with Gasteiger partial charge < -0.3 is 0 Å². The third-order valence-electron chi connectivity index (χ3n) is 2.82. The van der Waals surface area contributed by atoms with Crippen LogP contribution in [-0.2, 0) is 21.4 Å². The summed E-state index contributed by atoms with van der Waals surface area (Å²) in [6, 6.07) is 0. The number of carbonyl (C=O) groups is 1. The highest BCUT2D eigenvalue weighted by Crippen LogP contribution is 2.30. The third-order valence-corrected chi connectivity index (χ3v) is 4.12. The van der Waals surface area contributed by atoms with Crippen LogP contribution in [0.1, 0.15) is 26.7 Å². The van der Waals surface area contributed by atoms with Gasteiger partial charge in [-0.1, -0.05) is 13.8 Å². The number of hydrogen-bond donors (Lipinski definition) is 1. The number of carbonyl (C=O) groups excluding carboxylic acids is 1. The fraction of sp³-hybridized carbons (Fsp3) is 0.636. The summed E-state index contributed by atoms with van der Waals surface area (Å²) >= 11 is 0. The van der Waals surface area contributed by atoms with Crippen molar-refractivity contribution in [1.82, 2.24) is 14.5 Å². The highest BCUT2D eigenvalue weighted by atomic mass is 32.2. The molecule has 0 atom stereocenters. The van der Waals surface area contributed by atoms with Gasteiger partial charge in [0, 0.05) is 18.7 Å². The Hall–Kier alpha value is -1.37. The van der Waals surface area contributed by atoms with Crippen molar-refractivity contribution in [1.29, 1.82) is 0 Å². The van der Waals surface area contributed by atoms with E-state index in [0.29, 0.717) is 5.92 Å². The van der Waals surface area contributed by atoms with Crippen molar-refractivity contribution in [2.24, 2.45) is 11.8 Å². The van der Waals surface area contributed by atoms with Crippen molar-refractivity contribution in [2.45, 2.75) is 38.1 Å². The summed E-state index contributed by atoms with van der Waals surface area (Å²) in [7, 11) is -3.78. The van der Waals surface area contributed by atoms with Gasteiger partial charge in [-0.25, -0.2) is 13.1 Å². The molecule has 0 aliphatic heterocycles. The van der Waals surface area contributed by atoms with Crippen molar-refractivity contribution in [3.05, 3.63) is 12.4 Å². The van der Waals surface area contributed by atoms with E-state index in [1.807, 2.05) is 4.72 Å². The summed E-state index contributed by atoms with van der Waals surface area (Å²) in [4.78, 5) is 11.4. The molecule has 1 heterocycles. The molecular formula is C11H17N3O3S. The molecule has 0 radical (unpaired) electrons. The zero-order valence-electron chi connectivity index (χ0n) is 10.5. The standard InChI is InChI=1S/C11H17N3O3S/c1-8(2)11(15)13-18(16,17)10-5-12-14(7-10)6-9-3-4-9/h5,7-9H,3-4,6H2,1-2H3,(H,13,15). The van der Waals surface area contributed by atoms with E-state index >= 15 is 0 Å². The summed E-state index contributed by atoms with van der Waals surface area (Å²) in [5, 5.41) is 4.00. The second-order valence-corrected chi connectivity index (χ2v) is 6.65. The second kappa shape index (κ2) is 4.72. The molecule has 1 amide bonds. The molecule has 0 bridgehead atoms. The third kappa shape index (κ3) is 3.10. The van der Waals surface area contributed by atoms with Crippen molar-refractivity contribution >= 4 is 15.9 Å². The van der Waals surface area contributed by atoms with E-state index < -0.39 is 15.9 Å². The van der Waals surface area contributed by atoms with Crippen LogP contribution in [0.4, 0.5) is 0 Å². The topological polar surface area (TPSA) is 81.1 Å². The normalized spacial score (nSPS) is 15.9. The first-order valence-electron chi connectivity index (χ1n) is 5.97. The SMILES string of the molecule is CC(C)C(=O)NS(=O)(=O)c1cnn(CC2CC2)c1. The molecule has 100 valence electrons. The van der Waals surface area contributed by atoms with Crippen LogP contribution in [0.3, 0.4) is 0 Å². The first-order valence-corrected chi connectivity index (χ1v) is 7.46. The molecule has 1 saturated carbocycles. The molecular weight excluding hydrogens is 254 g/mol. The Bertz CT molecular complexity index is 544. The van der Waals surface area contributed by atoms with Gasteiger partial charge in [-0.15, -0.1) is 0 Å². The molecule has 0 aromatic carbocycles. The van der Waals surface area contributed by atoms with Crippen LogP contribution in [0.15, 0.2) is 17.3 Å². The molecule has 7 heteroatoms. The summed E-state index contributed by atoms with van der Waals surface area (Å²) < 4.78 is 27.4. The lowest BCUT2D eigenvalue weighted by molar-refractivity contribution is -0.122. The lowest BCUT2D eigenvalue weighted by Crippen LogP contribution is -2.33. The molecule has 0 spiro atoms. The minimum Gasteiger partial charge on any atom is -0.274 e. The predicted octanol–water partition coefficient (Wildman–Crippen LogP) is 0.754. The van der Waals surface area contributed by atoms with Gasteiger partial charge in [0.05, 0.1) is 6.20 Å². The number of hydrogen-bond acceptors (Lipinski definition) is 4. The molecule has 1 aromatic heterocycles. The fourth-order valence-corrected chi connectivity index (χ4v) is 2.52. The number of nitrogens with one attached hydrogen (secondary N) is 1. The quantitative estimate of drug-likeness (QED) is 0.857. The van der Waals surface area contributed by atoms with Crippen molar-refractivity contribution < 1.29 is 13.2 Å². The summed E-state index contributed by atoms with van der Waals surface area (Å²) in [5.74, 6) is -0.267. The maximum atomic E-state index is 11.9. The van der Waals surface area contributed by atoms with E-state index in [2.05, 4.69) is 5.10 Å². The lowest BCUT2D eigenvalue weighted by Gasteiger charge is -2.06. The van der Waals surface area contributed by atoms with E-state index in [9.17, 15) is 13.2 Å². The first-order chi connectivity index (χ1) is 8.38. The molecule has 0 saturated heterocycles. The van der Waals surface area contributed by atoms with Crippen molar-refractivity contribution in [3.63, 3.8) is 0 Å². The Morgan fingerprint density at radius 2 is 2.22 bits per heavy atom. The largest absolute Gasteiger partial charge is 0.274 e. The van der Waals surface area contributed by atoms with E-state index in [-0.39, 0.29) is 10.8 Å². The molecule has 1 aliphatic rings. The summed E-state index contributed by atoms with van der Waals surface area (Å²) in [5.41, 5.74) is 0. The fourth-order valence-electron chi connectivity index (χ4n) is 1.46. The van der Waals surface area contributed by atoms with Gasteiger partial charge in [0.15, 0.2) is 0 Å². The van der Waals surface area contributed by atoms with E-state index in [1.54, 1.807) is 18.5 Å². The molecule has 1 fully saturated rings. The Morgan fingerprint density at radius 1 is 1.56 bits per heavy atom. The van der Waals surface area contributed by atoms with Gasteiger partial charge in [0.2, 0.25) is 5.91 Å². The van der Waals surface area contributed by atoms with Crippen LogP contribution in [0.25, 0.3) is 0 Å². The van der Waals surface area contributed by atoms with E-state index in [0.717, 1.165) is 6.54 Å². The number of nitrogens with zero attached hydrogens (tertiary/aromatic N) is 2. The highest BCUT2D eigenvalue weighted by molar-refractivity contribution is 7.90. The van der Waals surface area contributed by atoms with Gasteiger partial charge in [0.1, 0.15) is 4.90 Å². The Morgan fingerprint density at radius 3 is 2.78 bits per heavy atom. The second-order valence-electron chi connectivity index (χ2n) is 4.97. The molecule has 2 rings (SSSR count). The number of amides is 1. The van der Waals surface area contributed by atoms with Crippen LogP contribution < -0.4 is 4.72 Å². The van der Waals surface area contributed by atoms with Crippen LogP contribution >= 0.6 is 0 Å². The maximum Gasteiger partial charge on any atom is 0.267 e. The zero-order valence-corrected chi connectivity index (χ0v) is 11.3. The number of sulfonamides is 1. The average Bonchev–Trinajstić information content (AvgIpc) is 2.92. The molecule has 18 heavy (non-hydrogen) atoms.